The van der Waals surface area contributed by atoms with Gasteiger partial charge in [-0.25, -0.2) is 13.1 Å². The Balaban J connectivity index is 1.65. The lowest BCUT2D eigenvalue weighted by Crippen LogP contribution is -2.35. The zero-order valence-corrected chi connectivity index (χ0v) is 18.0. The molecule has 1 atom stereocenters. The van der Waals surface area contributed by atoms with Crippen molar-refractivity contribution in [3.63, 3.8) is 0 Å². The van der Waals surface area contributed by atoms with Crippen LogP contribution >= 0.6 is 0 Å². The summed E-state index contributed by atoms with van der Waals surface area (Å²) in [5, 5.41) is 0. The average molecular weight is 403 g/mol. The summed E-state index contributed by atoms with van der Waals surface area (Å²) in [5.74, 6) is 0.852. The van der Waals surface area contributed by atoms with Gasteiger partial charge < -0.3 is 4.74 Å². The molecule has 1 unspecified atom stereocenters. The molecule has 0 amide bonds. The van der Waals surface area contributed by atoms with Gasteiger partial charge in [-0.2, -0.15) is 0 Å². The van der Waals surface area contributed by atoms with Gasteiger partial charge in [-0.15, -0.1) is 0 Å². The predicted molar refractivity (Wildman–Crippen MR) is 112 cm³/mol. The molecular formula is C22H30N2O3S. The fourth-order valence-electron chi connectivity index (χ4n) is 4.28. The van der Waals surface area contributed by atoms with E-state index in [2.05, 4.69) is 21.8 Å². The highest BCUT2D eigenvalue weighted by atomic mass is 32.2. The Morgan fingerprint density at radius 3 is 2.36 bits per heavy atom. The summed E-state index contributed by atoms with van der Waals surface area (Å²) in [6.07, 6.45) is 2.22. The number of hydrogen-bond donors (Lipinski definition) is 1. The fourth-order valence-corrected chi connectivity index (χ4v) is 5.75. The summed E-state index contributed by atoms with van der Waals surface area (Å²) in [5.41, 5.74) is 3.92. The molecule has 0 aromatic heterocycles. The third kappa shape index (κ3) is 4.57. The molecule has 5 nitrogen and oxygen atoms in total. The molecule has 1 aliphatic heterocycles. The van der Waals surface area contributed by atoms with Crippen LogP contribution in [0.5, 0.6) is 5.75 Å². The second-order valence-electron chi connectivity index (χ2n) is 7.59. The van der Waals surface area contributed by atoms with Crippen molar-refractivity contribution in [3.8, 4) is 5.75 Å². The molecule has 1 saturated heterocycles. The van der Waals surface area contributed by atoms with Gasteiger partial charge in [-0.3, -0.25) is 4.90 Å². The molecular weight excluding hydrogens is 372 g/mol. The van der Waals surface area contributed by atoms with E-state index in [0.717, 1.165) is 41.8 Å². The number of methoxy groups -OCH3 is 1. The van der Waals surface area contributed by atoms with Crippen LogP contribution < -0.4 is 9.46 Å². The number of hydrogen-bond acceptors (Lipinski definition) is 4. The van der Waals surface area contributed by atoms with Gasteiger partial charge in [0.1, 0.15) is 5.75 Å². The van der Waals surface area contributed by atoms with E-state index < -0.39 is 10.0 Å². The zero-order valence-electron chi connectivity index (χ0n) is 17.2. The van der Waals surface area contributed by atoms with Crippen LogP contribution in [0.1, 0.15) is 41.1 Å². The summed E-state index contributed by atoms with van der Waals surface area (Å²) in [6, 6.07) is 12.3. The van der Waals surface area contributed by atoms with Crippen molar-refractivity contribution in [3.05, 3.63) is 58.7 Å². The fraction of sp³-hybridized carbons (Fsp3) is 0.455. The maximum Gasteiger partial charge on any atom is 0.241 e. The van der Waals surface area contributed by atoms with Gasteiger partial charge in [-0.05, 0) is 69.0 Å². The second kappa shape index (κ2) is 8.64. The Hall–Kier alpha value is -1.89. The molecule has 1 heterocycles. The van der Waals surface area contributed by atoms with E-state index in [0.29, 0.717) is 24.0 Å². The van der Waals surface area contributed by atoms with Gasteiger partial charge in [0.25, 0.3) is 0 Å². The van der Waals surface area contributed by atoms with Crippen LogP contribution in [-0.4, -0.2) is 40.1 Å². The first-order valence-corrected chi connectivity index (χ1v) is 11.3. The zero-order chi connectivity index (χ0) is 20.3. The summed E-state index contributed by atoms with van der Waals surface area (Å²) < 4.78 is 33.7. The van der Waals surface area contributed by atoms with Crippen molar-refractivity contribution >= 4 is 10.0 Å². The molecule has 28 heavy (non-hydrogen) atoms. The van der Waals surface area contributed by atoms with Crippen LogP contribution in [0, 0.1) is 20.8 Å². The third-order valence-electron chi connectivity index (χ3n) is 5.43. The standard InChI is InChI=1S/C22H30N2O3S/c1-16-14-17(2)22(18(3)15-16)28(25,26)23-11-13-24-12-5-6-21(24)19-7-9-20(27-4)10-8-19/h7-10,14-15,21,23H,5-6,11-13H2,1-4H3. The lowest BCUT2D eigenvalue weighted by Gasteiger charge is -2.25. The van der Waals surface area contributed by atoms with Crippen molar-refractivity contribution in [1.82, 2.24) is 9.62 Å². The van der Waals surface area contributed by atoms with E-state index in [-0.39, 0.29) is 0 Å². The highest BCUT2D eigenvalue weighted by Crippen LogP contribution is 2.32. The maximum absolute atomic E-state index is 12.8. The lowest BCUT2D eigenvalue weighted by atomic mass is 10.0. The van der Waals surface area contributed by atoms with Gasteiger partial charge in [0.05, 0.1) is 12.0 Å². The molecule has 2 aromatic rings. The molecule has 6 heteroatoms. The van der Waals surface area contributed by atoms with Crippen molar-refractivity contribution in [2.75, 3.05) is 26.7 Å². The molecule has 1 aliphatic rings. The minimum atomic E-state index is -3.51. The third-order valence-corrected chi connectivity index (χ3v) is 7.19. The Bertz CT molecular complexity index is 900. The van der Waals surface area contributed by atoms with Crippen LogP contribution in [0.2, 0.25) is 0 Å². The number of sulfonamides is 1. The van der Waals surface area contributed by atoms with Crippen LogP contribution in [0.25, 0.3) is 0 Å². The molecule has 152 valence electrons. The Morgan fingerprint density at radius 2 is 1.75 bits per heavy atom. The maximum atomic E-state index is 12.8. The number of aryl methyl sites for hydroxylation is 3. The van der Waals surface area contributed by atoms with Crippen LogP contribution in [-0.2, 0) is 10.0 Å². The molecule has 1 fully saturated rings. The normalized spacial score (nSPS) is 17.8. The summed E-state index contributed by atoms with van der Waals surface area (Å²) in [6.45, 7) is 7.78. The summed E-state index contributed by atoms with van der Waals surface area (Å²) in [7, 11) is -1.85. The number of ether oxygens (including phenoxy) is 1. The number of rotatable bonds is 7. The Morgan fingerprint density at radius 1 is 1.11 bits per heavy atom. The predicted octanol–water partition coefficient (Wildman–Crippen LogP) is 3.74. The molecule has 3 rings (SSSR count). The largest absolute Gasteiger partial charge is 0.497 e. The molecule has 0 aliphatic carbocycles. The van der Waals surface area contributed by atoms with E-state index in [9.17, 15) is 8.42 Å². The highest BCUT2D eigenvalue weighted by molar-refractivity contribution is 7.89. The number of nitrogens with one attached hydrogen (secondary N) is 1. The van der Waals surface area contributed by atoms with E-state index >= 15 is 0 Å². The molecule has 0 bridgehead atoms. The van der Waals surface area contributed by atoms with Gasteiger partial charge in [0.2, 0.25) is 10.0 Å². The first-order valence-electron chi connectivity index (χ1n) is 9.77. The molecule has 0 spiro atoms. The van der Waals surface area contributed by atoms with Gasteiger partial charge in [0, 0.05) is 19.1 Å². The highest BCUT2D eigenvalue weighted by Gasteiger charge is 2.26. The van der Waals surface area contributed by atoms with Gasteiger partial charge in [0.15, 0.2) is 0 Å². The van der Waals surface area contributed by atoms with Crippen LogP contribution in [0.3, 0.4) is 0 Å². The number of likely N-dealkylation sites (tertiary alicyclic amines) is 1. The van der Waals surface area contributed by atoms with E-state index in [1.807, 2.05) is 45.0 Å². The first kappa shape index (κ1) is 20.8. The van der Waals surface area contributed by atoms with E-state index in [1.54, 1.807) is 7.11 Å². The first-order chi connectivity index (χ1) is 13.3. The molecule has 0 radical (unpaired) electrons. The molecule has 0 saturated carbocycles. The van der Waals surface area contributed by atoms with Crippen LogP contribution in [0.15, 0.2) is 41.3 Å². The minimum absolute atomic E-state index is 0.332. The van der Waals surface area contributed by atoms with E-state index in [1.165, 1.54) is 5.56 Å². The van der Waals surface area contributed by atoms with Crippen molar-refractivity contribution in [2.45, 2.75) is 44.6 Å². The smallest absolute Gasteiger partial charge is 0.241 e. The van der Waals surface area contributed by atoms with Crippen molar-refractivity contribution in [1.29, 1.82) is 0 Å². The van der Waals surface area contributed by atoms with Crippen molar-refractivity contribution in [2.24, 2.45) is 0 Å². The minimum Gasteiger partial charge on any atom is -0.497 e. The summed E-state index contributed by atoms with van der Waals surface area (Å²) >= 11 is 0. The van der Waals surface area contributed by atoms with Gasteiger partial charge in [-0.1, -0.05) is 29.8 Å². The molecule has 2 aromatic carbocycles. The van der Waals surface area contributed by atoms with Crippen LogP contribution in [0.4, 0.5) is 0 Å². The SMILES string of the molecule is COc1ccc(C2CCCN2CCNS(=O)(=O)c2c(C)cc(C)cc2C)cc1. The Kier molecular flexibility index (Phi) is 6.43. The second-order valence-corrected chi connectivity index (χ2v) is 9.30. The Labute approximate surface area is 168 Å². The lowest BCUT2D eigenvalue weighted by molar-refractivity contribution is 0.261. The van der Waals surface area contributed by atoms with E-state index in [4.69, 9.17) is 4.74 Å². The monoisotopic (exact) mass is 402 g/mol. The summed E-state index contributed by atoms with van der Waals surface area (Å²) in [4.78, 5) is 2.77. The van der Waals surface area contributed by atoms with Crippen molar-refractivity contribution < 1.29 is 13.2 Å². The quantitative estimate of drug-likeness (QED) is 0.767. The average Bonchev–Trinajstić information content (AvgIpc) is 3.09. The number of benzene rings is 2. The topological polar surface area (TPSA) is 58.6 Å². The molecule has 1 N–H and O–H groups in total. The number of nitrogens with zero attached hydrogens (tertiary/aromatic N) is 1. The van der Waals surface area contributed by atoms with Gasteiger partial charge >= 0.3 is 0 Å².